The topological polar surface area (TPSA) is 33.1 Å². The van der Waals surface area contributed by atoms with Gasteiger partial charge in [0.15, 0.2) is 5.75 Å². The minimum Gasteiger partial charge on any atom is -0.505 e. The van der Waals surface area contributed by atoms with Crippen molar-refractivity contribution in [2.75, 3.05) is 0 Å². The molecule has 13 heavy (non-hydrogen) atoms. The van der Waals surface area contributed by atoms with Crippen LogP contribution in [0.3, 0.4) is 0 Å². The standard InChI is InChI=1S/C7H5BrF2INO/c8-2-3-1-4(11)6(13)5(12-3)7(9)10/h1,7,13H,2H2. The number of alkyl halides is 3. The molecule has 0 radical (unpaired) electrons. The summed E-state index contributed by atoms with van der Waals surface area (Å²) < 4.78 is 25.0. The lowest BCUT2D eigenvalue weighted by atomic mass is 10.3. The molecular weight excluding hydrogens is 359 g/mol. The van der Waals surface area contributed by atoms with Crippen molar-refractivity contribution in [2.45, 2.75) is 11.8 Å². The molecule has 0 bridgehead atoms. The van der Waals surface area contributed by atoms with Crippen molar-refractivity contribution < 1.29 is 13.9 Å². The van der Waals surface area contributed by atoms with Gasteiger partial charge in [0, 0.05) is 5.33 Å². The Balaban J connectivity index is 3.25. The van der Waals surface area contributed by atoms with Gasteiger partial charge in [0.2, 0.25) is 0 Å². The highest BCUT2D eigenvalue weighted by Crippen LogP contribution is 2.31. The molecule has 0 aliphatic heterocycles. The number of rotatable bonds is 2. The molecule has 0 spiro atoms. The van der Waals surface area contributed by atoms with Gasteiger partial charge in [0.25, 0.3) is 6.43 Å². The van der Waals surface area contributed by atoms with Crippen LogP contribution in [0.1, 0.15) is 17.8 Å². The summed E-state index contributed by atoms with van der Waals surface area (Å²) in [6.45, 7) is 0. The molecule has 0 unspecified atom stereocenters. The van der Waals surface area contributed by atoms with Gasteiger partial charge in [0.1, 0.15) is 5.69 Å². The fraction of sp³-hybridized carbons (Fsp3) is 0.286. The summed E-state index contributed by atoms with van der Waals surface area (Å²) in [5.41, 5.74) is -0.0705. The number of aromatic nitrogens is 1. The lowest BCUT2D eigenvalue weighted by Gasteiger charge is -2.06. The van der Waals surface area contributed by atoms with Crippen LogP contribution in [0.4, 0.5) is 8.78 Å². The summed E-state index contributed by atoms with van der Waals surface area (Å²) in [4.78, 5) is 3.60. The van der Waals surface area contributed by atoms with Crippen LogP contribution in [-0.4, -0.2) is 10.1 Å². The van der Waals surface area contributed by atoms with Crippen molar-refractivity contribution in [1.82, 2.24) is 4.98 Å². The smallest absolute Gasteiger partial charge is 0.284 e. The molecule has 1 rings (SSSR count). The Morgan fingerprint density at radius 1 is 1.62 bits per heavy atom. The Bertz CT molecular complexity index is 322. The van der Waals surface area contributed by atoms with Gasteiger partial charge in [-0.05, 0) is 28.7 Å². The average Bonchev–Trinajstić information content (AvgIpc) is 2.09. The first kappa shape index (κ1) is 11.1. The highest BCUT2D eigenvalue weighted by molar-refractivity contribution is 14.1. The second-order valence-corrected chi connectivity index (χ2v) is 3.99. The number of halogens is 4. The number of aromatic hydroxyl groups is 1. The van der Waals surface area contributed by atoms with Crippen molar-refractivity contribution in [2.24, 2.45) is 0 Å². The van der Waals surface area contributed by atoms with Gasteiger partial charge in [-0.2, -0.15) is 0 Å². The van der Waals surface area contributed by atoms with E-state index < -0.39 is 17.9 Å². The van der Waals surface area contributed by atoms with Crippen LogP contribution in [0.25, 0.3) is 0 Å². The Labute approximate surface area is 95.6 Å². The number of nitrogens with zero attached hydrogens (tertiary/aromatic N) is 1. The van der Waals surface area contributed by atoms with Crippen LogP contribution >= 0.6 is 38.5 Å². The second kappa shape index (κ2) is 4.50. The van der Waals surface area contributed by atoms with Crippen molar-refractivity contribution >= 4 is 38.5 Å². The summed E-state index contributed by atoms with van der Waals surface area (Å²) >= 11 is 4.90. The van der Waals surface area contributed by atoms with E-state index in [-0.39, 0.29) is 0 Å². The van der Waals surface area contributed by atoms with Crippen LogP contribution in [-0.2, 0) is 5.33 Å². The summed E-state index contributed by atoms with van der Waals surface area (Å²) in [5.74, 6) is -0.430. The molecule has 72 valence electrons. The maximum absolute atomic E-state index is 12.3. The van der Waals surface area contributed by atoms with Crippen molar-refractivity contribution in [1.29, 1.82) is 0 Å². The lowest BCUT2D eigenvalue weighted by molar-refractivity contribution is 0.141. The van der Waals surface area contributed by atoms with E-state index in [2.05, 4.69) is 20.9 Å². The highest BCUT2D eigenvalue weighted by atomic mass is 127. The summed E-state index contributed by atoms with van der Waals surface area (Å²) in [5, 5.41) is 9.61. The van der Waals surface area contributed by atoms with Crippen LogP contribution < -0.4 is 0 Å². The first-order valence-electron chi connectivity index (χ1n) is 3.28. The zero-order chi connectivity index (χ0) is 10.0. The third-order valence-corrected chi connectivity index (χ3v) is 2.77. The maximum Gasteiger partial charge on any atom is 0.284 e. The molecule has 1 aromatic heterocycles. The number of hydrogen-bond donors (Lipinski definition) is 1. The molecule has 0 atom stereocenters. The van der Waals surface area contributed by atoms with E-state index in [0.717, 1.165) is 0 Å². The fourth-order valence-corrected chi connectivity index (χ4v) is 1.72. The maximum atomic E-state index is 12.3. The molecule has 1 aromatic rings. The largest absolute Gasteiger partial charge is 0.505 e. The molecular formula is C7H5BrF2INO. The summed E-state index contributed by atoms with van der Waals surface area (Å²) in [7, 11) is 0. The predicted molar refractivity (Wildman–Crippen MR) is 56.2 cm³/mol. The van der Waals surface area contributed by atoms with Crippen LogP contribution in [0.2, 0.25) is 0 Å². The molecule has 0 amide bonds. The molecule has 0 aliphatic rings. The van der Waals surface area contributed by atoms with Crippen LogP contribution in [0.15, 0.2) is 6.07 Å². The number of pyridine rings is 1. The Morgan fingerprint density at radius 3 is 2.69 bits per heavy atom. The monoisotopic (exact) mass is 363 g/mol. The quantitative estimate of drug-likeness (QED) is 0.646. The lowest BCUT2D eigenvalue weighted by Crippen LogP contribution is -1.97. The summed E-state index contributed by atoms with van der Waals surface area (Å²) in [6, 6.07) is 1.55. The van der Waals surface area contributed by atoms with Crippen molar-refractivity contribution in [3.63, 3.8) is 0 Å². The number of hydrogen-bond acceptors (Lipinski definition) is 2. The minimum absolute atomic E-state index is 0.386. The van der Waals surface area contributed by atoms with Crippen molar-refractivity contribution in [3.05, 3.63) is 21.0 Å². The Hall–Kier alpha value is 0.0200. The average molecular weight is 364 g/mol. The van der Waals surface area contributed by atoms with Gasteiger partial charge in [-0.25, -0.2) is 13.8 Å². The highest BCUT2D eigenvalue weighted by Gasteiger charge is 2.17. The first-order valence-corrected chi connectivity index (χ1v) is 5.48. The molecule has 0 saturated carbocycles. The molecule has 1 heterocycles. The van der Waals surface area contributed by atoms with E-state index in [1.54, 1.807) is 28.7 Å². The van der Waals surface area contributed by atoms with Gasteiger partial charge in [-0.1, -0.05) is 15.9 Å². The molecule has 1 N–H and O–H groups in total. The molecule has 6 heteroatoms. The van der Waals surface area contributed by atoms with Crippen LogP contribution in [0.5, 0.6) is 5.75 Å². The summed E-state index contributed by atoms with van der Waals surface area (Å²) in [6.07, 6.45) is -2.74. The van der Waals surface area contributed by atoms with Gasteiger partial charge in [-0.3, -0.25) is 0 Å². The molecule has 2 nitrogen and oxygen atoms in total. The van der Waals surface area contributed by atoms with Gasteiger partial charge < -0.3 is 5.11 Å². The predicted octanol–water partition coefficient (Wildman–Crippen LogP) is 3.22. The van der Waals surface area contributed by atoms with Gasteiger partial charge >= 0.3 is 0 Å². The third-order valence-electron chi connectivity index (χ3n) is 1.37. The second-order valence-electron chi connectivity index (χ2n) is 2.26. The minimum atomic E-state index is -2.74. The van der Waals surface area contributed by atoms with E-state index in [1.165, 1.54) is 0 Å². The van der Waals surface area contributed by atoms with Crippen molar-refractivity contribution in [3.8, 4) is 5.75 Å². The third kappa shape index (κ3) is 2.49. The zero-order valence-electron chi connectivity index (χ0n) is 6.27. The molecule has 0 saturated heterocycles. The van der Waals surface area contributed by atoms with Gasteiger partial charge in [0.05, 0.1) is 9.26 Å². The SMILES string of the molecule is Oc1c(I)cc(CBr)nc1C(F)F. The van der Waals surface area contributed by atoms with E-state index >= 15 is 0 Å². The van der Waals surface area contributed by atoms with E-state index in [4.69, 9.17) is 0 Å². The molecule has 0 aromatic carbocycles. The Morgan fingerprint density at radius 2 is 2.23 bits per heavy atom. The van der Waals surface area contributed by atoms with E-state index in [0.29, 0.717) is 14.6 Å². The van der Waals surface area contributed by atoms with E-state index in [9.17, 15) is 13.9 Å². The normalized spacial score (nSPS) is 10.8. The molecule has 0 aliphatic carbocycles. The zero-order valence-corrected chi connectivity index (χ0v) is 10.0. The first-order chi connectivity index (χ1) is 6.06. The fourth-order valence-electron chi connectivity index (χ4n) is 0.798. The van der Waals surface area contributed by atoms with Crippen LogP contribution in [0, 0.1) is 3.57 Å². The Kier molecular flexibility index (Phi) is 3.84. The molecule has 0 fully saturated rings. The van der Waals surface area contributed by atoms with E-state index in [1.807, 2.05) is 0 Å². The van der Waals surface area contributed by atoms with Gasteiger partial charge in [-0.15, -0.1) is 0 Å².